The molecule has 0 heterocycles. The van der Waals surface area contributed by atoms with Crippen molar-refractivity contribution >= 4 is 146 Å². The van der Waals surface area contributed by atoms with Gasteiger partial charge in [-0.2, -0.15) is 0 Å². The van der Waals surface area contributed by atoms with E-state index in [0.29, 0.717) is 31.6 Å². The van der Waals surface area contributed by atoms with Crippen LogP contribution in [0, 0.1) is 0 Å². The van der Waals surface area contributed by atoms with Gasteiger partial charge in [0.1, 0.15) is 0 Å². The molecule has 8 rings (SSSR count). The van der Waals surface area contributed by atoms with E-state index in [2.05, 4.69) is 59.9 Å². The lowest BCUT2D eigenvalue weighted by molar-refractivity contribution is 1.67. The zero-order valence-corrected chi connectivity index (χ0v) is 24.7. The SMILES string of the molecule is O=c1c2ccc3cc4c5c(Br)ccc(Br)c5c(=O)c5c(Cl)cc6cc(c7c(Br)ccc(Cl)c17)c2c3c6c54. The van der Waals surface area contributed by atoms with Gasteiger partial charge in [-0.15, -0.1) is 0 Å². The van der Waals surface area contributed by atoms with Crippen LogP contribution < -0.4 is 10.9 Å². The minimum absolute atomic E-state index is 0.106. The molecule has 2 nitrogen and oxygen atoms in total. The van der Waals surface area contributed by atoms with Gasteiger partial charge < -0.3 is 0 Å². The highest BCUT2D eigenvalue weighted by Gasteiger charge is 2.25. The number of rotatable bonds is 0. The Morgan fingerprint density at radius 2 is 1.00 bits per heavy atom. The van der Waals surface area contributed by atoms with Gasteiger partial charge in [-0.05, 0) is 80.8 Å². The van der Waals surface area contributed by atoms with Gasteiger partial charge in [0.2, 0.25) is 0 Å². The predicted octanol–water partition coefficient (Wildman–Crippen LogP) is 10.4. The summed E-state index contributed by atoms with van der Waals surface area (Å²) in [6.45, 7) is 0. The number of fused-ring (bicyclic) bond motifs is 4. The Labute approximate surface area is 243 Å². The zero-order valence-electron chi connectivity index (χ0n) is 18.4. The Balaban J connectivity index is 1.81. The summed E-state index contributed by atoms with van der Waals surface area (Å²) in [6, 6.07) is 17.3. The molecule has 0 saturated heterocycles. The summed E-state index contributed by atoms with van der Waals surface area (Å²) in [7, 11) is 0. The first-order valence-corrected chi connectivity index (χ1v) is 14.5. The van der Waals surface area contributed by atoms with Gasteiger partial charge in [0.15, 0.2) is 10.9 Å². The molecule has 0 spiro atoms. The van der Waals surface area contributed by atoms with Gasteiger partial charge in [0.05, 0.1) is 15.4 Å². The minimum atomic E-state index is -0.123. The maximum Gasteiger partial charge on any atom is 0.196 e. The van der Waals surface area contributed by atoms with Crippen molar-refractivity contribution in [2.45, 2.75) is 0 Å². The maximum atomic E-state index is 13.9. The summed E-state index contributed by atoms with van der Waals surface area (Å²) in [6.07, 6.45) is 0. The highest BCUT2D eigenvalue weighted by molar-refractivity contribution is 9.11. The highest BCUT2D eigenvalue weighted by atomic mass is 79.9. The molecule has 0 unspecified atom stereocenters. The molecule has 0 aliphatic heterocycles. The molecule has 0 N–H and O–H groups in total. The fourth-order valence-corrected chi connectivity index (χ4v) is 8.34. The number of halogens is 5. The Hall–Kier alpha value is -2.28. The molecule has 0 radical (unpaired) electrons. The van der Waals surface area contributed by atoms with Gasteiger partial charge in [0.25, 0.3) is 0 Å². The lowest BCUT2D eigenvalue weighted by Gasteiger charge is -2.20. The Morgan fingerprint density at radius 1 is 0.432 bits per heavy atom. The summed E-state index contributed by atoms with van der Waals surface area (Å²) in [5.41, 5.74) is -0.229. The van der Waals surface area contributed by atoms with E-state index in [1.165, 1.54) is 0 Å². The standard InChI is InChI=1S/C30H9Br3Cl2O2/c31-15-3-4-17(33)26-23(15)14-7-10-1-2-12-22-13(24-16(32)5-6-18(34)27(24)29(12)36)8-11-9-19(35)28(30(26)37)25(14)21(11)20(10)22/h1-9H. The van der Waals surface area contributed by atoms with E-state index in [1.807, 2.05) is 36.4 Å². The van der Waals surface area contributed by atoms with Crippen LogP contribution in [0.3, 0.4) is 0 Å². The van der Waals surface area contributed by atoms with Crippen molar-refractivity contribution in [3.8, 4) is 0 Å². The first kappa shape index (κ1) is 22.7. The van der Waals surface area contributed by atoms with Crippen LogP contribution in [0.4, 0.5) is 0 Å². The third-order valence-corrected chi connectivity index (χ3v) is 10.2. The normalized spacial score (nSPS) is 12.7. The lowest BCUT2D eigenvalue weighted by atomic mass is 9.84. The molecule has 7 heteroatoms. The Bertz CT molecular complexity index is 2450. The van der Waals surface area contributed by atoms with E-state index in [1.54, 1.807) is 6.07 Å². The predicted molar refractivity (Wildman–Crippen MR) is 168 cm³/mol. The number of hydrogen-bond acceptors (Lipinski definition) is 2. The molecule has 0 amide bonds. The van der Waals surface area contributed by atoms with Crippen molar-refractivity contribution in [1.82, 2.24) is 0 Å². The van der Waals surface area contributed by atoms with Gasteiger partial charge in [0, 0.05) is 51.1 Å². The first-order valence-electron chi connectivity index (χ1n) is 11.3. The maximum absolute atomic E-state index is 13.9. The Kier molecular flexibility index (Phi) is 4.55. The van der Waals surface area contributed by atoms with Gasteiger partial charge >= 0.3 is 0 Å². The van der Waals surface area contributed by atoms with Gasteiger partial charge in [-0.3, -0.25) is 9.59 Å². The third kappa shape index (κ3) is 2.67. The molecule has 0 fully saturated rings. The van der Waals surface area contributed by atoms with E-state index >= 15 is 0 Å². The molecular formula is C30H9Br3Cl2O2. The van der Waals surface area contributed by atoms with E-state index in [0.717, 1.165) is 67.3 Å². The van der Waals surface area contributed by atoms with Crippen LogP contribution in [0.25, 0.3) is 75.4 Å². The minimum Gasteiger partial charge on any atom is -0.289 e. The molecule has 0 saturated carbocycles. The molecule has 0 atom stereocenters. The van der Waals surface area contributed by atoms with Crippen LogP contribution in [-0.2, 0) is 0 Å². The molecule has 8 aromatic carbocycles. The lowest BCUT2D eigenvalue weighted by Crippen LogP contribution is -2.07. The number of hydrogen-bond donors (Lipinski definition) is 0. The van der Waals surface area contributed by atoms with E-state index in [-0.39, 0.29) is 10.9 Å². The summed E-state index contributed by atoms with van der Waals surface area (Å²) < 4.78 is 2.35. The van der Waals surface area contributed by atoms with E-state index in [9.17, 15) is 9.59 Å². The fraction of sp³-hybridized carbons (Fsp3) is 0. The number of benzene rings is 8. The average molecular weight is 712 g/mol. The summed E-state index contributed by atoms with van der Waals surface area (Å²) in [5.74, 6) is 0. The topological polar surface area (TPSA) is 34.1 Å². The second-order valence-corrected chi connectivity index (χ2v) is 12.7. The highest BCUT2D eigenvalue weighted by Crippen LogP contribution is 2.49. The third-order valence-electron chi connectivity index (χ3n) is 7.61. The summed E-state index contributed by atoms with van der Waals surface area (Å²) in [4.78, 5) is 27.7. The molecule has 0 aliphatic carbocycles. The average Bonchev–Trinajstić information content (AvgIpc) is 2.87. The van der Waals surface area contributed by atoms with Crippen LogP contribution in [0.5, 0.6) is 0 Å². The van der Waals surface area contributed by atoms with Crippen LogP contribution in [0.2, 0.25) is 10.0 Å². The van der Waals surface area contributed by atoms with Gasteiger partial charge in [-0.25, -0.2) is 0 Å². The van der Waals surface area contributed by atoms with Crippen molar-refractivity contribution in [1.29, 1.82) is 0 Å². The summed E-state index contributed by atoms with van der Waals surface area (Å²) >= 11 is 24.4. The zero-order chi connectivity index (χ0) is 25.5. The Morgan fingerprint density at radius 3 is 1.76 bits per heavy atom. The van der Waals surface area contributed by atoms with Crippen molar-refractivity contribution < 1.29 is 0 Å². The molecule has 0 aromatic heterocycles. The van der Waals surface area contributed by atoms with Crippen molar-refractivity contribution in [2.75, 3.05) is 0 Å². The first-order chi connectivity index (χ1) is 17.8. The second kappa shape index (κ2) is 7.43. The molecule has 37 heavy (non-hydrogen) atoms. The van der Waals surface area contributed by atoms with E-state index in [4.69, 9.17) is 23.2 Å². The second-order valence-electron chi connectivity index (χ2n) is 9.36. The van der Waals surface area contributed by atoms with Crippen molar-refractivity contribution in [3.05, 3.63) is 98.5 Å². The van der Waals surface area contributed by atoms with E-state index < -0.39 is 0 Å². The molecular weight excluding hydrogens is 703 g/mol. The molecule has 8 aromatic rings. The van der Waals surface area contributed by atoms with Crippen molar-refractivity contribution in [2.24, 2.45) is 0 Å². The van der Waals surface area contributed by atoms with Crippen LogP contribution >= 0.6 is 71.0 Å². The van der Waals surface area contributed by atoms with Crippen LogP contribution in [-0.4, -0.2) is 0 Å². The van der Waals surface area contributed by atoms with Crippen LogP contribution in [0.15, 0.2) is 77.6 Å². The monoisotopic (exact) mass is 708 g/mol. The quantitative estimate of drug-likeness (QED) is 0.116. The largest absolute Gasteiger partial charge is 0.289 e. The van der Waals surface area contributed by atoms with Crippen molar-refractivity contribution in [3.63, 3.8) is 0 Å². The molecule has 0 bridgehead atoms. The molecule has 176 valence electrons. The molecule has 0 aliphatic rings. The smallest absolute Gasteiger partial charge is 0.196 e. The van der Waals surface area contributed by atoms with Crippen LogP contribution in [0.1, 0.15) is 0 Å². The fourth-order valence-electron chi connectivity index (χ4n) is 6.21. The van der Waals surface area contributed by atoms with Gasteiger partial charge in [-0.1, -0.05) is 77.1 Å². The summed E-state index contributed by atoms with van der Waals surface area (Å²) in [5, 5.41) is 12.0.